The molecule has 1 amide bonds. The summed E-state index contributed by atoms with van der Waals surface area (Å²) in [6.45, 7) is 6.30. The number of rotatable bonds is 5. The molecule has 0 aromatic heterocycles. The number of nitrogens with two attached hydrogens (primary N) is 1. The molecule has 0 heterocycles. The Morgan fingerprint density at radius 3 is 2.33 bits per heavy atom. The predicted octanol–water partition coefficient (Wildman–Crippen LogP) is 0.886. The van der Waals surface area contributed by atoms with Gasteiger partial charge in [0.2, 0.25) is 5.91 Å². The lowest BCUT2D eigenvalue weighted by atomic mass is 9.88. The Kier molecular flexibility index (Phi) is 4.24. The maximum Gasteiger partial charge on any atom is 0.219 e. The Bertz CT molecular complexity index is 157. The molecule has 0 radical (unpaired) electrons. The minimum Gasteiger partial charge on any atom is -0.370 e. The van der Waals surface area contributed by atoms with E-state index in [4.69, 9.17) is 5.73 Å². The maximum atomic E-state index is 10.7. The molecular formula is C9H20N2O. The minimum atomic E-state index is -0.243. The van der Waals surface area contributed by atoms with Crippen molar-refractivity contribution in [1.29, 1.82) is 0 Å². The molecule has 3 N–H and O–H groups in total. The molecule has 0 aliphatic heterocycles. The highest BCUT2D eigenvalue weighted by Crippen LogP contribution is 2.19. The Balaban J connectivity index is 4.13. The van der Waals surface area contributed by atoms with Gasteiger partial charge in [0.05, 0.1) is 0 Å². The number of nitrogens with one attached hydrogen (secondary N) is 1. The molecule has 0 rings (SSSR count). The summed E-state index contributed by atoms with van der Waals surface area (Å²) in [6.07, 6.45) is 1.37. The number of hydrogen-bond donors (Lipinski definition) is 2. The van der Waals surface area contributed by atoms with Gasteiger partial charge in [-0.1, -0.05) is 13.8 Å². The number of carbonyl (C=O) groups is 1. The number of primary amides is 1. The van der Waals surface area contributed by atoms with Crippen molar-refractivity contribution in [1.82, 2.24) is 5.32 Å². The van der Waals surface area contributed by atoms with Crippen LogP contribution < -0.4 is 11.1 Å². The van der Waals surface area contributed by atoms with E-state index in [1.807, 2.05) is 14.0 Å². The van der Waals surface area contributed by atoms with Crippen molar-refractivity contribution in [2.75, 3.05) is 7.05 Å². The molecule has 0 aliphatic rings. The first kappa shape index (κ1) is 11.4. The normalized spacial score (nSPS) is 16.1. The summed E-state index contributed by atoms with van der Waals surface area (Å²) in [6, 6.07) is 0. The first-order valence-electron chi connectivity index (χ1n) is 4.37. The van der Waals surface area contributed by atoms with Crippen LogP contribution in [0.4, 0.5) is 0 Å². The third-order valence-electron chi connectivity index (χ3n) is 2.03. The van der Waals surface area contributed by atoms with Crippen molar-refractivity contribution in [3.8, 4) is 0 Å². The van der Waals surface area contributed by atoms with Gasteiger partial charge in [-0.05, 0) is 26.3 Å². The summed E-state index contributed by atoms with van der Waals surface area (Å²) in [5.41, 5.74) is 5.01. The van der Waals surface area contributed by atoms with E-state index in [9.17, 15) is 4.79 Å². The highest BCUT2D eigenvalue weighted by molar-refractivity contribution is 5.75. The van der Waals surface area contributed by atoms with Gasteiger partial charge in [0.25, 0.3) is 0 Å². The maximum absolute atomic E-state index is 10.7. The lowest BCUT2D eigenvalue weighted by Gasteiger charge is -2.29. The summed E-state index contributed by atoms with van der Waals surface area (Å²) in [4.78, 5) is 10.7. The minimum absolute atomic E-state index is 0.139. The van der Waals surface area contributed by atoms with Crippen LogP contribution in [0.25, 0.3) is 0 Å². The second kappa shape index (κ2) is 4.45. The molecule has 0 aromatic rings. The van der Waals surface area contributed by atoms with Gasteiger partial charge in [0.1, 0.15) is 0 Å². The van der Waals surface area contributed by atoms with Crippen molar-refractivity contribution < 1.29 is 4.79 Å². The van der Waals surface area contributed by atoms with Crippen LogP contribution in [0.2, 0.25) is 0 Å². The zero-order valence-corrected chi connectivity index (χ0v) is 8.48. The van der Waals surface area contributed by atoms with E-state index >= 15 is 0 Å². The van der Waals surface area contributed by atoms with Crippen molar-refractivity contribution in [2.45, 2.75) is 39.2 Å². The summed E-state index contributed by atoms with van der Waals surface area (Å²) in [5, 5.41) is 3.14. The fraction of sp³-hybridized carbons (Fsp3) is 0.889. The first-order valence-corrected chi connectivity index (χ1v) is 4.37. The smallest absolute Gasteiger partial charge is 0.219 e. The van der Waals surface area contributed by atoms with Crippen LogP contribution >= 0.6 is 0 Å². The van der Waals surface area contributed by atoms with Crippen LogP contribution in [-0.2, 0) is 4.79 Å². The third kappa shape index (κ3) is 4.34. The van der Waals surface area contributed by atoms with E-state index in [1.165, 1.54) is 0 Å². The van der Waals surface area contributed by atoms with Gasteiger partial charge in [0.15, 0.2) is 0 Å². The molecule has 1 unspecified atom stereocenters. The molecule has 0 saturated carbocycles. The monoisotopic (exact) mass is 172 g/mol. The van der Waals surface area contributed by atoms with Gasteiger partial charge in [-0.15, -0.1) is 0 Å². The lowest BCUT2D eigenvalue weighted by Crippen LogP contribution is -2.44. The Morgan fingerprint density at radius 1 is 1.58 bits per heavy atom. The molecule has 1 atom stereocenters. The Labute approximate surface area is 74.7 Å². The first-order chi connectivity index (χ1) is 5.39. The van der Waals surface area contributed by atoms with Gasteiger partial charge in [0, 0.05) is 12.0 Å². The van der Waals surface area contributed by atoms with Crippen molar-refractivity contribution >= 4 is 5.91 Å². The highest BCUT2D eigenvalue weighted by Gasteiger charge is 2.25. The molecule has 0 saturated heterocycles. The second-order valence-corrected chi connectivity index (χ2v) is 4.05. The molecule has 0 spiro atoms. The fourth-order valence-corrected chi connectivity index (χ4v) is 1.55. The van der Waals surface area contributed by atoms with Crippen LogP contribution in [0.1, 0.15) is 33.6 Å². The highest BCUT2D eigenvalue weighted by atomic mass is 16.1. The molecule has 0 aliphatic carbocycles. The van der Waals surface area contributed by atoms with Crippen molar-refractivity contribution in [2.24, 2.45) is 11.7 Å². The molecule has 3 nitrogen and oxygen atoms in total. The molecular weight excluding hydrogens is 152 g/mol. The summed E-state index contributed by atoms with van der Waals surface area (Å²) >= 11 is 0. The third-order valence-corrected chi connectivity index (χ3v) is 2.03. The molecule has 0 aromatic carbocycles. The van der Waals surface area contributed by atoms with Gasteiger partial charge in [-0.2, -0.15) is 0 Å². The second-order valence-electron chi connectivity index (χ2n) is 4.05. The van der Waals surface area contributed by atoms with Crippen molar-refractivity contribution in [3.63, 3.8) is 0 Å². The van der Waals surface area contributed by atoms with Crippen LogP contribution in [0.15, 0.2) is 0 Å². The quantitative estimate of drug-likeness (QED) is 0.647. The molecule has 0 fully saturated rings. The Hall–Kier alpha value is -0.570. The van der Waals surface area contributed by atoms with Crippen LogP contribution in [0.5, 0.6) is 0 Å². The summed E-state index contributed by atoms with van der Waals surface area (Å²) < 4.78 is 0. The number of amides is 1. The van der Waals surface area contributed by atoms with Gasteiger partial charge < -0.3 is 11.1 Å². The summed E-state index contributed by atoms with van der Waals surface area (Å²) in [7, 11) is 1.87. The molecule has 72 valence electrons. The van der Waals surface area contributed by atoms with Gasteiger partial charge >= 0.3 is 0 Å². The van der Waals surface area contributed by atoms with Crippen LogP contribution in [0, 0.1) is 5.92 Å². The zero-order chi connectivity index (χ0) is 9.78. The fourth-order valence-electron chi connectivity index (χ4n) is 1.55. The van der Waals surface area contributed by atoms with Crippen LogP contribution in [-0.4, -0.2) is 18.5 Å². The van der Waals surface area contributed by atoms with Crippen LogP contribution in [0.3, 0.4) is 0 Å². The SMILES string of the molecule is CNC(C)(CC(N)=O)CC(C)C. The average Bonchev–Trinajstić information content (AvgIpc) is 1.83. The Morgan fingerprint density at radius 2 is 2.08 bits per heavy atom. The average molecular weight is 172 g/mol. The van der Waals surface area contributed by atoms with E-state index in [0.717, 1.165) is 6.42 Å². The number of carbonyl (C=O) groups excluding carboxylic acids is 1. The predicted molar refractivity (Wildman–Crippen MR) is 50.7 cm³/mol. The molecule has 0 bridgehead atoms. The topological polar surface area (TPSA) is 55.1 Å². The number of hydrogen-bond acceptors (Lipinski definition) is 2. The lowest BCUT2D eigenvalue weighted by molar-refractivity contribution is -0.119. The molecule has 12 heavy (non-hydrogen) atoms. The van der Waals surface area contributed by atoms with E-state index in [-0.39, 0.29) is 11.4 Å². The van der Waals surface area contributed by atoms with E-state index in [1.54, 1.807) is 0 Å². The zero-order valence-electron chi connectivity index (χ0n) is 8.48. The van der Waals surface area contributed by atoms with Gasteiger partial charge in [-0.3, -0.25) is 4.79 Å². The van der Waals surface area contributed by atoms with E-state index in [0.29, 0.717) is 12.3 Å². The van der Waals surface area contributed by atoms with E-state index in [2.05, 4.69) is 19.2 Å². The standard InChI is InChI=1S/C9H20N2O/c1-7(2)5-9(3,11-4)6-8(10)12/h7,11H,5-6H2,1-4H3,(H2,10,12). The van der Waals surface area contributed by atoms with Gasteiger partial charge in [-0.25, -0.2) is 0 Å². The molecule has 3 heteroatoms. The van der Waals surface area contributed by atoms with E-state index < -0.39 is 0 Å². The largest absolute Gasteiger partial charge is 0.370 e. The van der Waals surface area contributed by atoms with Crippen molar-refractivity contribution in [3.05, 3.63) is 0 Å². The summed E-state index contributed by atoms with van der Waals surface area (Å²) in [5.74, 6) is 0.328.